The molecule has 3 amide bonds. The number of rotatable bonds is 3. The Morgan fingerprint density at radius 3 is 2.51 bits per heavy atom. The molecule has 0 bridgehead atoms. The number of hydrogen-bond acceptors (Lipinski definition) is 5. The van der Waals surface area contributed by atoms with Crippen molar-refractivity contribution in [2.24, 2.45) is 5.92 Å². The number of nitrogens with zero attached hydrogens (tertiary/aromatic N) is 2. The molecule has 0 saturated carbocycles. The summed E-state index contributed by atoms with van der Waals surface area (Å²) in [5.74, 6) is -1.43. The first kappa shape index (κ1) is 26.2. The van der Waals surface area contributed by atoms with Crippen molar-refractivity contribution in [1.82, 2.24) is 9.80 Å². The van der Waals surface area contributed by atoms with Gasteiger partial charge < -0.3 is 24.6 Å². The van der Waals surface area contributed by atoms with Gasteiger partial charge in [0, 0.05) is 51.8 Å². The summed E-state index contributed by atoms with van der Waals surface area (Å²) in [7, 11) is 3.23. The van der Waals surface area contributed by atoms with Crippen LogP contribution in [0.25, 0.3) is 0 Å². The molecule has 1 aliphatic rings. The Hall–Kier alpha value is -3.46. The number of carbonyl (C=O) groups excluding carboxylic acids is 3. The van der Waals surface area contributed by atoms with Gasteiger partial charge in [0.2, 0.25) is 5.91 Å². The number of methoxy groups -OCH3 is 1. The number of anilines is 1. The van der Waals surface area contributed by atoms with E-state index in [1.54, 1.807) is 48.2 Å². The molecule has 3 atom stereocenters. The van der Waals surface area contributed by atoms with Crippen molar-refractivity contribution < 1.29 is 28.2 Å². The van der Waals surface area contributed by atoms with Crippen molar-refractivity contribution in [3.05, 3.63) is 59.4 Å². The maximum atomic E-state index is 14.5. The molecule has 2 aromatic carbocycles. The number of ether oxygens (including phenoxy) is 2. The van der Waals surface area contributed by atoms with Crippen molar-refractivity contribution >= 4 is 23.4 Å². The van der Waals surface area contributed by atoms with E-state index in [2.05, 4.69) is 5.32 Å². The average Bonchev–Trinajstić information content (AvgIpc) is 2.82. The fourth-order valence-corrected chi connectivity index (χ4v) is 4.13. The number of halogens is 1. The fourth-order valence-electron chi connectivity index (χ4n) is 4.13. The minimum atomic E-state index is -0.594. The number of fused-ring (bicyclic) bond motifs is 1. The zero-order valence-corrected chi connectivity index (χ0v) is 20.7. The maximum Gasteiger partial charge on any atom is 0.257 e. The first-order valence-corrected chi connectivity index (χ1v) is 11.5. The van der Waals surface area contributed by atoms with E-state index in [9.17, 15) is 18.8 Å². The fraction of sp³-hybridized carbons (Fsp3) is 0.423. The third-order valence-electron chi connectivity index (χ3n) is 6.13. The molecule has 1 N–H and O–H groups in total. The van der Waals surface area contributed by atoms with Crippen molar-refractivity contribution in [2.75, 3.05) is 39.2 Å². The Morgan fingerprint density at radius 1 is 1.14 bits per heavy atom. The quantitative estimate of drug-likeness (QED) is 0.720. The Morgan fingerprint density at radius 2 is 1.86 bits per heavy atom. The summed E-state index contributed by atoms with van der Waals surface area (Å²) in [6, 6.07) is 10.2. The molecular formula is C26H32FN3O5. The van der Waals surface area contributed by atoms with E-state index in [4.69, 9.17) is 9.47 Å². The van der Waals surface area contributed by atoms with E-state index >= 15 is 0 Å². The van der Waals surface area contributed by atoms with Crippen molar-refractivity contribution in [3.63, 3.8) is 0 Å². The highest BCUT2D eigenvalue weighted by molar-refractivity contribution is 5.98. The van der Waals surface area contributed by atoms with Gasteiger partial charge in [0.15, 0.2) is 0 Å². The van der Waals surface area contributed by atoms with Crippen LogP contribution in [0.15, 0.2) is 42.5 Å². The Labute approximate surface area is 205 Å². The van der Waals surface area contributed by atoms with Crippen LogP contribution < -0.4 is 10.1 Å². The summed E-state index contributed by atoms with van der Waals surface area (Å²) in [6.45, 7) is 5.74. The smallest absolute Gasteiger partial charge is 0.257 e. The standard InChI is InChI=1S/C26H32FN3O5/c1-16-13-30(26(33)20-8-6-7-9-22(20)27)17(2)15-35-23-12-19(28-18(3)31)10-11-21(23)25(32)29(4)14-24(16)34-5/h6-12,16-17,24H,13-15H2,1-5H3,(H,28,31)/t16-,17-,24+/m0/s1. The lowest BCUT2D eigenvalue weighted by Gasteiger charge is -2.36. The molecule has 0 spiro atoms. The second kappa shape index (κ2) is 11.3. The first-order chi connectivity index (χ1) is 16.6. The SMILES string of the molecule is CO[C@@H]1CN(C)C(=O)c2ccc(NC(C)=O)cc2OC[C@H](C)N(C(=O)c2ccccc2F)C[C@@H]1C. The molecule has 0 aromatic heterocycles. The third-order valence-corrected chi connectivity index (χ3v) is 6.13. The molecule has 188 valence electrons. The summed E-state index contributed by atoms with van der Waals surface area (Å²) in [5.41, 5.74) is 0.784. The van der Waals surface area contributed by atoms with Gasteiger partial charge in [-0.2, -0.15) is 0 Å². The number of carbonyl (C=O) groups is 3. The lowest BCUT2D eigenvalue weighted by atomic mass is 10.0. The lowest BCUT2D eigenvalue weighted by Crippen LogP contribution is -2.48. The largest absolute Gasteiger partial charge is 0.491 e. The van der Waals surface area contributed by atoms with Crippen LogP contribution in [0.3, 0.4) is 0 Å². The highest BCUT2D eigenvalue weighted by Gasteiger charge is 2.31. The van der Waals surface area contributed by atoms with Gasteiger partial charge in [-0.05, 0) is 31.2 Å². The molecule has 1 aliphatic heterocycles. The number of benzene rings is 2. The van der Waals surface area contributed by atoms with Gasteiger partial charge in [0.25, 0.3) is 11.8 Å². The minimum absolute atomic E-state index is 0.0201. The number of likely N-dealkylation sites (N-methyl/N-ethyl adjacent to an activating group) is 1. The summed E-state index contributed by atoms with van der Waals surface area (Å²) in [5, 5.41) is 2.69. The van der Waals surface area contributed by atoms with E-state index in [0.29, 0.717) is 11.3 Å². The molecule has 1 heterocycles. The Bertz CT molecular complexity index is 1090. The van der Waals surface area contributed by atoms with Crippen molar-refractivity contribution in [3.8, 4) is 5.75 Å². The van der Waals surface area contributed by atoms with Crippen molar-refractivity contribution in [1.29, 1.82) is 0 Å². The monoisotopic (exact) mass is 485 g/mol. The van der Waals surface area contributed by atoms with Gasteiger partial charge >= 0.3 is 0 Å². The second-order valence-corrected chi connectivity index (χ2v) is 8.93. The summed E-state index contributed by atoms with van der Waals surface area (Å²) in [6.07, 6.45) is -0.366. The molecule has 2 aromatic rings. The Kier molecular flexibility index (Phi) is 8.45. The summed E-state index contributed by atoms with van der Waals surface area (Å²) < 4.78 is 26.2. The number of nitrogens with one attached hydrogen (secondary N) is 1. The summed E-state index contributed by atoms with van der Waals surface area (Å²) >= 11 is 0. The van der Waals surface area contributed by atoms with Gasteiger partial charge in [0.1, 0.15) is 18.2 Å². The van der Waals surface area contributed by atoms with Crippen LogP contribution in [0, 0.1) is 11.7 Å². The molecule has 8 nitrogen and oxygen atoms in total. The van der Waals surface area contributed by atoms with E-state index in [0.717, 1.165) is 0 Å². The van der Waals surface area contributed by atoms with Crippen LogP contribution in [0.4, 0.5) is 10.1 Å². The molecule has 9 heteroatoms. The zero-order valence-electron chi connectivity index (χ0n) is 20.7. The average molecular weight is 486 g/mol. The Balaban J connectivity index is 2.02. The van der Waals surface area contributed by atoms with Crippen molar-refractivity contribution in [2.45, 2.75) is 32.9 Å². The minimum Gasteiger partial charge on any atom is -0.491 e. The van der Waals surface area contributed by atoms with Crippen LogP contribution in [0.2, 0.25) is 0 Å². The molecule has 0 radical (unpaired) electrons. The number of amides is 3. The van der Waals surface area contributed by atoms with E-state index in [-0.39, 0.29) is 54.8 Å². The van der Waals surface area contributed by atoms with Gasteiger partial charge in [-0.15, -0.1) is 0 Å². The molecule has 0 fully saturated rings. The predicted molar refractivity (Wildman–Crippen MR) is 130 cm³/mol. The molecule has 0 unspecified atom stereocenters. The highest BCUT2D eigenvalue weighted by atomic mass is 19.1. The molecule has 35 heavy (non-hydrogen) atoms. The molecule has 0 saturated heterocycles. The normalized spacial score (nSPS) is 21.3. The second-order valence-electron chi connectivity index (χ2n) is 8.93. The van der Waals surface area contributed by atoms with Crippen LogP contribution in [-0.4, -0.2) is 73.5 Å². The van der Waals surface area contributed by atoms with Gasteiger partial charge in [0.05, 0.1) is 23.3 Å². The topological polar surface area (TPSA) is 88.2 Å². The maximum absolute atomic E-state index is 14.5. The summed E-state index contributed by atoms with van der Waals surface area (Å²) in [4.78, 5) is 41.3. The lowest BCUT2D eigenvalue weighted by molar-refractivity contribution is -0.114. The van der Waals surface area contributed by atoms with Crippen LogP contribution in [0.5, 0.6) is 5.75 Å². The van der Waals surface area contributed by atoms with E-state index < -0.39 is 17.8 Å². The van der Waals surface area contributed by atoms with Gasteiger partial charge in [-0.3, -0.25) is 14.4 Å². The van der Waals surface area contributed by atoms with Gasteiger partial charge in [-0.25, -0.2) is 4.39 Å². The van der Waals surface area contributed by atoms with Crippen LogP contribution in [-0.2, 0) is 9.53 Å². The van der Waals surface area contributed by atoms with Crippen LogP contribution in [0.1, 0.15) is 41.5 Å². The predicted octanol–water partition coefficient (Wildman–Crippen LogP) is 3.43. The van der Waals surface area contributed by atoms with E-state index in [1.165, 1.54) is 25.1 Å². The molecule has 0 aliphatic carbocycles. The van der Waals surface area contributed by atoms with Gasteiger partial charge in [-0.1, -0.05) is 19.1 Å². The van der Waals surface area contributed by atoms with Crippen LogP contribution >= 0.6 is 0 Å². The van der Waals surface area contributed by atoms with E-state index in [1.807, 2.05) is 13.8 Å². The molecule has 3 rings (SSSR count). The third kappa shape index (κ3) is 6.16. The number of hydrogen-bond donors (Lipinski definition) is 1. The molecular weight excluding hydrogens is 453 g/mol. The highest BCUT2D eigenvalue weighted by Crippen LogP contribution is 2.27. The first-order valence-electron chi connectivity index (χ1n) is 11.5. The zero-order chi connectivity index (χ0) is 25.7.